The highest BCUT2D eigenvalue weighted by Gasteiger charge is 2.26. The van der Waals surface area contributed by atoms with E-state index < -0.39 is 10.0 Å². The van der Waals surface area contributed by atoms with Crippen LogP contribution >= 0.6 is 0 Å². The number of sulfonamides is 1. The molecule has 0 aliphatic carbocycles. The normalized spacial score (nSPS) is 16.5. The molecule has 1 heterocycles. The average Bonchev–Trinajstić information content (AvgIpc) is 2.54. The van der Waals surface area contributed by atoms with Crippen LogP contribution in [0.3, 0.4) is 0 Å². The number of rotatable bonds is 5. The lowest BCUT2D eigenvalue weighted by Gasteiger charge is -2.31. The molecule has 0 radical (unpaired) electrons. The number of benzene rings is 1. The minimum Gasteiger partial charge on any atom is -0.445 e. The van der Waals surface area contributed by atoms with Gasteiger partial charge in [0.2, 0.25) is 10.0 Å². The second-order valence-corrected chi connectivity index (χ2v) is 7.37. The number of likely N-dealkylation sites (tertiary alicyclic amines) is 1. The second-order valence-electron chi connectivity index (χ2n) is 5.32. The Morgan fingerprint density at radius 3 is 2.50 bits per heavy atom. The third kappa shape index (κ3) is 4.99. The number of ether oxygens (including phenoxy) is 1. The van der Waals surface area contributed by atoms with Gasteiger partial charge < -0.3 is 9.64 Å². The third-order valence-electron chi connectivity index (χ3n) is 3.68. The fourth-order valence-corrected chi connectivity index (χ4v) is 3.24. The molecule has 1 aromatic rings. The van der Waals surface area contributed by atoms with Crippen molar-refractivity contribution in [3.63, 3.8) is 0 Å². The molecule has 0 bridgehead atoms. The lowest BCUT2D eigenvalue weighted by molar-refractivity contribution is 0.0866. The third-order valence-corrected chi connectivity index (χ3v) is 5.14. The fourth-order valence-electron chi connectivity index (χ4n) is 2.33. The van der Waals surface area contributed by atoms with E-state index in [0.717, 1.165) is 5.56 Å². The SMILES string of the molecule is CCS(=O)(=O)NC1CCN(C(=O)OCc2ccccc2)CC1. The molecule has 0 saturated carbocycles. The quantitative estimate of drug-likeness (QED) is 0.894. The van der Waals surface area contributed by atoms with E-state index in [9.17, 15) is 13.2 Å². The van der Waals surface area contributed by atoms with Gasteiger partial charge in [-0.3, -0.25) is 0 Å². The smallest absolute Gasteiger partial charge is 0.410 e. The van der Waals surface area contributed by atoms with Gasteiger partial charge >= 0.3 is 6.09 Å². The Bertz CT molecular complexity index is 581. The molecule has 6 nitrogen and oxygen atoms in total. The first-order valence-electron chi connectivity index (χ1n) is 7.46. The molecule has 1 aliphatic rings. The Balaban J connectivity index is 1.75. The molecule has 1 N–H and O–H groups in total. The van der Waals surface area contributed by atoms with Gasteiger partial charge in [-0.25, -0.2) is 17.9 Å². The predicted octanol–water partition coefficient (Wildman–Crippen LogP) is 1.73. The number of carbonyl (C=O) groups excluding carboxylic acids is 1. The summed E-state index contributed by atoms with van der Waals surface area (Å²) in [6, 6.07) is 9.41. The standard InChI is InChI=1S/C15H22N2O4S/c1-2-22(19,20)16-14-8-10-17(11-9-14)15(18)21-12-13-6-4-3-5-7-13/h3-7,14,16H,2,8-12H2,1H3. The second kappa shape index (κ2) is 7.60. The van der Waals surface area contributed by atoms with Crippen molar-refractivity contribution in [1.82, 2.24) is 9.62 Å². The van der Waals surface area contributed by atoms with Crippen molar-refractivity contribution in [2.45, 2.75) is 32.4 Å². The zero-order chi connectivity index (χ0) is 16.0. The fraction of sp³-hybridized carbons (Fsp3) is 0.533. The monoisotopic (exact) mass is 326 g/mol. The molecule has 0 unspecified atom stereocenters. The Labute approximate surface area is 131 Å². The van der Waals surface area contributed by atoms with Gasteiger partial charge in [0.1, 0.15) is 6.61 Å². The van der Waals surface area contributed by atoms with Crippen molar-refractivity contribution in [3.05, 3.63) is 35.9 Å². The van der Waals surface area contributed by atoms with Gasteiger partial charge in [-0.05, 0) is 25.3 Å². The van der Waals surface area contributed by atoms with E-state index in [-0.39, 0.29) is 24.5 Å². The van der Waals surface area contributed by atoms with E-state index in [1.165, 1.54) is 0 Å². The van der Waals surface area contributed by atoms with Crippen molar-refractivity contribution in [2.75, 3.05) is 18.8 Å². The molecular formula is C15H22N2O4S. The number of nitrogens with zero attached hydrogens (tertiary/aromatic N) is 1. The largest absolute Gasteiger partial charge is 0.445 e. The topological polar surface area (TPSA) is 75.7 Å². The molecule has 1 aliphatic heterocycles. The van der Waals surface area contributed by atoms with Crippen LogP contribution in [0.15, 0.2) is 30.3 Å². The van der Waals surface area contributed by atoms with Crippen molar-refractivity contribution in [3.8, 4) is 0 Å². The summed E-state index contributed by atoms with van der Waals surface area (Å²) < 4.78 is 31.0. The van der Waals surface area contributed by atoms with Crippen LogP contribution in [0.4, 0.5) is 4.79 Å². The Hall–Kier alpha value is -1.60. The number of nitrogens with one attached hydrogen (secondary N) is 1. The van der Waals surface area contributed by atoms with Gasteiger partial charge in [-0.15, -0.1) is 0 Å². The van der Waals surface area contributed by atoms with Crippen LogP contribution in [0.5, 0.6) is 0 Å². The lowest BCUT2D eigenvalue weighted by Crippen LogP contribution is -2.46. The summed E-state index contributed by atoms with van der Waals surface area (Å²) in [5.41, 5.74) is 0.946. The summed E-state index contributed by atoms with van der Waals surface area (Å²) in [5.74, 6) is 0.0757. The van der Waals surface area contributed by atoms with Gasteiger partial charge in [-0.1, -0.05) is 30.3 Å². The summed E-state index contributed by atoms with van der Waals surface area (Å²) >= 11 is 0. The first-order chi connectivity index (χ1) is 10.5. The molecule has 1 saturated heterocycles. The molecular weight excluding hydrogens is 304 g/mol. The summed E-state index contributed by atoms with van der Waals surface area (Å²) in [7, 11) is -3.19. The van der Waals surface area contributed by atoms with Crippen LogP contribution in [0.25, 0.3) is 0 Å². The molecule has 0 atom stereocenters. The highest BCUT2D eigenvalue weighted by molar-refractivity contribution is 7.89. The first-order valence-corrected chi connectivity index (χ1v) is 9.11. The Morgan fingerprint density at radius 1 is 1.27 bits per heavy atom. The number of piperidine rings is 1. The van der Waals surface area contributed by atoms with Crippen molar-refractivity contribution >= 4 is 16.1 Å². The summed E-state index contributed by atoms with van der Waals surface area (Å²) in [6.45, 7) is 2.87. The maximum atomic E-state index is 12.0. The van der Waals surface area contributed by atoms with Gasteiger partial charge in [0, 0.05) is 19.1 Å². The molecule has 1 aromatic carbocycles. The van der Waals surface area contributed by atoms with Gasteiger partial charge in [-0.2, -0.15) is 0 Å². The van der Waals surface area contributed by atoms with Crippen LogP contribution in [0, 0.1) is 0 Å². The van der Waals surface area contributed by atoms with Gasteiger partial charge in [0.15, 0.2) is 0 Å². The van der Waals surface area contributed by atoms with E-state index in [0.29, 0.717) is 25.9 Å². The summed E-state index contributed by atoms with van der Waals surface area (Å²) in [4.78, 5) is 13.6. The molecule has 1 amide bonds. The lowest BCUT2D eigenvalue weighted by atomic mass is 10.1. The predicted molar refractivity (Wildman–Crippen MR) is 83.8 cm³/mol. The van der Waals surface area contributed by atoms with Crippen molar-refractivity contribution < 1.29 is 17.9 Å². The number of hydrogen-bond donors (Lipinski definition) is 1. The minimum atomic E-state index is -3.19. The van der Waals surface area contributed by atoms with Crippen LogP contribution in [-0.2, 0) is 21.4 Å². The molecule has 22 heavy (non-hydrogen) atoms. The van der Waals surface area contributed by atoms with E-state index in [4.69, 9.17) is 4.74 Å². The molecule has 1 fully saturated rings. The zero-order valence-electron chi connectivity index (χ0n) is 12.7. The Kier molecular flexibility index (Phi) is 5.79. The van der Waals surface area contributed by atoms with E-state index >= 15 is 0 Å². The van der Waals surface area contributed by atoms with E-state index in [2.05, 4.69) is 4.72 Å². The molecule has 0 spiro atoms. The maximum absolute atomic E-state index is 12.0. The van der Waals surface area contributed by atoms with Crippen LogP contribution in [0.1, 0.15) is 25.3 Å². The Morgan fingerprint density at radius 2 is 1.91 bits per heavy atom. The zero-order valence-corrected chi connectivity index (χ0v) is 13.5. The van der Waals surface area contributed by atoms with E-state index in [1.807, 2.05) is 30.3 Å². The maximum Gasteiger partial charge on any atom is 0.410 e. The average molecular weight is 326 g/mol. The van der Waals surface area contributed by atoms with E-state index in [1.54, 1.807) is 11.8 Å². The van der Waals surface area contributed by atoms with Gasteiger partial charge in [0.25, 0.3) is 0 Å². The molecule has 0 aromatic heterocycles. The van der Waals surface area contributed by atoms with Crippen molar-refractivity contribution in [2.24, 2.45) is 0 Å². The summed E-state index contributed by atoms with van der Waals surface area (Å²) in [5, 5.41) is 0. The first kappa shape index (κ1) is 16.8. The number of carbonyl (C=O) groups is 1. The van der Waals surface area contributed by atoms with Crippen molar-refractivity contribution in [1.29, 1.82) is 0 Å². The number of amides is 1. The molecule has 2 rings (SSSR count). The van der Waals surface area contributed by atoms with Gasteiger partial charge in [0.05, 0.1) is 5.75 Å². The highest BCUT2D eigenvalue weighted by Crippen LogP contribution is 2.13. The van der Waals surface area contributed by atoms with Crippen LogP contribution in [0.2, 0.25) is 0 Å². The summed E-state index contributed by atoms with van der Waals surface area (Å²) in [6.07, 6.45) is 0.875. The number of hydrogen-bond acceptors (Lipinski definition) is 4. The van der Waals surface area contributed by atoms with Crippen LogP contribution in [-0.4, -0.2) is 44.3 Å². The molecule has 7 heteroatoms. The minimum absolute atomic E-state index is 0.0757. The molecule has 122 valence electrons. The highest BCUT2D eigenvalue weighted by atomic mass is 32.2. The van der Waals surface area contributed by atoms with Crippen LogP contribution < -0.4 is 4.72 Å².